The number of hydrogen-bond acceptors (Lipinski definition) is 6. The monoisotopic (exact) mass is 516 g/mol. The molecular formula is C29H28N2O5S. The van der Waals surface area contributed by atoms with Gasteiger partial charge in [-0.2, -0.15) is 0 Å². The van der Waals surface area contributed by atoms with Crippen molar-refractivity contribution in [2.75, 3.05) is 27.2 Å². The SMILES string of the molecule is CN(C)C(=O)N1CCC(Oc2ccc(C(=O)c3c(-c4ccc(O)cc4)sc4cc(O)ccc34)cc2)CC1. The van der Waals surface area contributed by atoms with Gasteiger partial charge in [0.1, 0.15) is 23.4 Å². The van der Waals surface area contributed by atoms with Crippen molar-refractivity contribution in [2.45, 2.75) is 18.9 Å². The number of phenols is 2. The van der Waals surface area contributed by atoms with Gasteiger partial charge in [0.05, 0.1) is 0 Å². The van der Waals surface area contributed by atoms with Gasteiger partial charge in [-0.05, 0) is 72.3 Å². The van der Waals surface area contributed by atoms with Crippen LogP contribution in [0.25, 0.3) is 20.5 Å². The first kappa shape index (κ1) is 24.6. The quantitative estimate of drug-likeness (QED) is 0.331. The van der Waals surface area contributed by atoms with Crippen molar-refractivity contribution >= 4 is 33.2 Å². The van der Waals surface area contributed by atoms with E-state index in [2.05, 4.69) is 0 Å². The van der Waals surface area contributed by atoms with Crippen LogP contribution in [-0.2, 0) is 0 Å². The summed E-state index contributed by atoms with van der Waals surface area (Å²) in [7, 11) is 3.51. The van der Waals surface area contributed by atoms with Crippen LogP contribution in [0.3, 0.4) is 0 Å². The van der Waals surface area contributed by atoms with Gasteiger partial charge in [0, 0.05) is 66.1 Å². The van der Waals surface area contributed by atoms with Crippen molar-refractivity contribution in [3.8, 4) is 27.7 Å². The number of amides is 2. The molecule has 5 rings (SSSR count). The molecule has 0 radical (unpaired) electrons. The van der Waals surface area contributed by atoms with Crippen LogP contribution in [-0.4, -0.2) is 65.1 Å². The van der Waals surface area contributed by atoms with E-state index in [4.69, 9.17) is 4.74 Å². The molecule has 1 aliphatic heterocycles. The minimum absolute atomic E-state index is 0.0161. The van der Waals surface area contributed by atoms with Gasteiger partial charge in [-0.1, -0.05) is 0 Å². The lowest BCUT2D eigenvalue weighted by atomic mass is 9.97. The maximum atomic E-state index is 13.7. The Bertz CT molecular complexity index is 1440. The fourth-order valence-electron chi connectivity index (χ4n) is 4.60. The van der Waals surface area contributed by atoms with Gasteiger partial charge in [-0.25, -0.2) is 4.79 Å². The second-order valence-electron chi connectivity index (χ2n) is 9.37. The predicted octanol–water partition coefficient (Wildman–Crippen LogP) is 5.74. The normalized spacial score (nSPS) is 14.1. The number of piperidine rings is 1. The van der Waals surface area contributed by atoms with E-state index in [0.29, 0.717) is 30.0 Å². The summed E-state index contributed by atoms with van der Waals surface area (Å²) in [5.41, 5.74) is 1.92. The zero-order chi connectivity index (χ0) is 26.1. The number of aromatic hydroxyl groups is 2. The highest BCUT2D eigenvalue weighted by Gasteiger charge is 2.25. The standard InChI is InChI=1S/C29H28N2O5S/c1-30(2)29(35)31-15-13-23(14-16-31)36-22-10-5-18(6-11-22)27(34)26-24-12-9-21(33)17-25(24)37-28(26)19-3-7-20(32)8-4-19/h3-12,17,23,32-33H,13-16H2,1-2H3. The summed E-state index contributed by atoms with van der Waals surface area (Å²) in [6.07, 6.45) is 1.52. The minimum Gasteiger partial charge on any atom is -0.508 e. The fourth-order valence-corrected chi connectivity index (χ4v) is 5.83. The molecule has 2 amide bonds. The Labute approximate surface area is 219 Å². The van der Waals surface area contributed by atoms with Crippen LogP contribution in [0.15, 0.2) is 66.7 Å². The molecule has 190 valence electrons. The third-order valence-corrected chi connectivity index (χ3v) is 7.75. The molecule has 0 saturated carbocycles. The topological polar surface area (TPSA) is 90.3 Å². The first-order valence-corrected chi connectivity index (χ1v) is 12.9. The van der Waals surface area contributed by atoms with Gasteiger partial charge in [0.25, 0.3) is 0 Å². The van der Waals surface area contributed by atoms with Crippen LogP contribution in [0.1, 0.15) is 28.8 Å². The molecular weight excluding hydrogens is 488 g/mol. The van der Waals surface area contributed by atoms with E-state index in [1.54, 1.807) is 73.6 Å². The van der Waals surface area contributed by atoms with Gasteiger partial charge in [-0.15, -0.1) is 11.3 Å². The first-order valence-electron chi connectivity index (χ1n) is 12.1. The van der Waals surface area contributed by atoms with E-state index in [1.165, 1.54) is 11.3 Å². The van der Waals surface area contributed by atoms with Gasteiger partial charge in [0.15, 0.2) is 5.78 Å². The zero-order valence-electron chi connectivity index (χ0n) is 20.7. The average molecular weight is 517 g/mol. The maximum absolute atomic E-state index is 13.7. The van der Waals surface area contributed by atoms with Gasteiger partial charge in [-0.3, -0.25) is 4.79 Å². The molecule has 3 aromatic carbocycles. The zero-order valence-corrected chi connectivity index (χ0v) is 21.5. The van der Waals surface area contributed by atoms with Crippen molar-refractivity contribution < 1.29 is 24.5 Å². The number of ether oxygens (including phenoxy) is 1. The van der Waals surface area contributed by atoms with Crippen LogP contribution < -0.4 is 4.74 Å². The van der Waals surface area contributed by atoms with E-state index in [1.807, 2.05) is 17.0 Å². The molecule has 1 saturated heterocycles. The lowest BCUT2D eigenvalue weighted by Crippen LogP contribution is -2.46. The smallest absolute Gasteiger partial charge is 0.319 e. The Morgan fingerprint density at radius 1 is 0.919 bits per heavy atom. The van der Waals surface area contributed by atoms with Crippen LogP contribution in [0.4, 0.5) is 4.79 Å². The molecule has 2 N–H and O–H groups in total. The number of hydrogen-bond donors (Lipinski definition) is 2. The van der Waals surface area contributed by atoms with Crippen molar-refractivity contribution in [1.29, 1.82) is 0 Å². The molecule has 0 aliphatic carbocycles. The number of carbonyl (C=O) groups excluding carboxylic acids is 2. The number of rotatable bonds is 5. The highest BCUT2D eigenvalue weighted by molar-refractivity contribution is 7.22. The lowest BCUT2D eigenvalue weighted by Gasteiger charge is -2.33. The third kappa shape index (κ3) is 5.11. The summed E-state index contributed by atoms with van der Waals surface area (Å²) in [5, 5.41) is 20.5. The Morgan fingerprint density at radius 2 is 1.57 bits per heavy atom. The molecule has 0 bridgehead atoms. The second kappa shape index (κ2) is 10.1. The molecule has 1 aromatic heterocycles. The van der Waals surface area contributed by atoms with E-state index >= 15 is 0 Å². The van der Waals surface area contributed by atoms with Crippen LogP contribution >= 0.6 is 11.3 Å². The fraction of sp³-hybridized carbons (Fsp3) is 0.241. The van der Waals surface area contributed by atoms with Crippen molar-refractivity contribution in [2.24, 2.45) is 0 Å². The minimum atomic E-state index is -0.123. The third-order valence-electron chi connectivity index (χ3n) is 6.54. The van der Waals surface area contributed by atoms with E-state index in [-0.39, 0.29) is 29.4 Å². The number of ketones is 1. The molecule has 37 heavy (non-hydrogen) atoms. The van der Waals surface area contributed by atoms with Gasteiger partial charge >= 0.3 is 6.03 Å². The highest BCUT2D eigenvalue weighted by Crippen LogP contribution is 2.41. The van der Waals surface area contributed by atoms with Crippen molar-refractivity contribution in [1.82, 2.24) is 9.80 Å². The molecule has 0 spiro atoms. The van der Waals surface area contributed by atoms with Crippen LogP contribution in [0, 0.1) is 0 Å². The van der Waals surface area contributed by atoms with E-state index in [9.17, 15) is 19.8 Å². The molecule has 0 atom stereocenters. The molecule has 0 unspecified atom stereocenters. The Balaban J connectivity index is 1.36. The number of phenolic OH excluding ortho intramolecular Hbond substituents is 2. The summed E-state index contributed by atoms with van der Waals surface area (Å²) in [5.74, 6) is 0.860. The predicted molar refractivity (Wildman–Crippen MR) is 145 cm³/mol. The molecule has 4 aromatic rings. The lowest BCUT2D eigenvalue weighted by molar-refractivity contribution is 0.101. The summed E-state index contributed by atoms with van der Waals surface area (Å²) in [6, 6.07) is 19.0. The van der Waals surface area contributed by atoms with Crippen molar-refractivity contribution in [3.05, 3.63) is 77.9 Å². The number of fused-ring (bicyclic) bond motifs is 1. The number of carbonyl (C=O) groups is 2. The largest absolute Gasteiger partial charge is 0.508 e. The summed E-state index contributed by atoms with van der Waals surface area (Å²) < 4.78 is 6.96. The Morgan fingerprint density at radius 3 is 2.22 bits per heavy atom. The van der Waals surface area contributed by atoms with Crippen LogP contribution in [0.5, 0.6) is 17.2 Å². The molecule has 7 nitrogen and oxygen atoms in total. The second-order valence-corrected chi connectivity index (χ2v) is 10.4. The number of thiophene rings is 1. The number of benzene rings is 3. The first-order chi connectivity index (χ1) is 17.8. The van der Waals surface area contributed by atoms with Gasteiger partial charge < -0.3 is 24.7 Å². The molecule has 8 heteroatoms. The van der Waals surface area contributed by atoms with Crippen LogP contribution in [0.2, 0.25) is 0 Å². The highest BCUT2D eigenvalue weighted by atomic mass is 32.1. The molecule has 1 fully saturated rings. The maximum Gasteiger partial charge on any atom is 0.319 e. The van der Waals surface area contributed by atoms with Crippen molar-refractivity contribution in [3.63, 3.8) is 0 Å². The van der Waals surface area contributed by atoms with Gasteiger partial charge in [0.2, 0.25) is 0 Å². The molecule has 2 heterocycles. The Kier molecular flexibility index (Phi) is 6.76. The number of likely N-dealkylation sites (tertiary alicyclic amines) is 1. The van der Waals surface area contributed by atoms with E-state index < -0.39 is 0 Å². The summed E-state index contributed by atoms with van der Waals surface area (Å²) in [6.45, 7) is 1.30. The Hall–Kier alpha value is -4.04. The molecule has 1 aliphatic rings. The summed E-state index contributed by atoms with van der Waals surface area (Å²) in [4.78, 5) is 30.1. The summed E-state index contributed by atoms with van der Waals surface area (Å²) >= 11 is 1.43. The number of nitrogens with zero attached hydrogens (tertiary/aromatic N) is 2. The van der Waals surface area contributed by atoms with E-state index in [0.717, 1.165) is 33.4 Å². The number of urea groups is 1. The average Bonchev–Trinajstić information content (AvgIpc) is 3.27.